The van der Waals surface area contributed by atoms with E-state index in [9.17, 15) is 9.59 Å². The van der Waals surface area contributed by atoms with Crippen LogP contribution in [-0.2, 0) is 9.59 Å². The molecule has 6 nitrogen and oxygen atoms in total. The predicted molar refractivity (Wildman–Crippen MR) is 108 cm³/mol. The van der Waals surface area contributed by atoms with E-state index in [1.54, 1.807) is 19.1 Å². The summed E-state index contributed by atoms with van der Waals surface area (Å²) in [7, 11) is 5.09. The molecule has 0 radical (unpaired) electrons. The molecule has 1 saturated heterocycles. The Morgan fingerprint density at radius 2 is 1.86 bits per heavy atom. The van der Waals surface area contributed by atoms with Crippen LogP contribution in [0.1, 0.15) is 44.1 Å². The number of ether oxygens (including phenoxy) is 2. The van der Waals surface area contributed by atoms with Crippen molar-refractivity contribution in [3.8, 4) is 11.5 Å². The Balaban J connectivity index is 1.93. The zero-order valence-electron chi connectivity index (χ0n) is 17.4. The van der Waals surface area contributed by atoms with Crippen molar-refractivity contribution >= 4 is 11.8 Å². The van der Waals surface area contributed by atoms with Crippen molar-refractivity contribution in [2.45, 2.75) is 38.5 Å². The topological polar surface area (TPSA) is 59.1 Å². The molecule has 2 atom stereocenters. The van der Waals surface area contributed by atoms with Crippen molar-refractivity contribution in [2.75, 3.05) is 40.9 Å². The lowest BCUT2D eigenvalue weighted by Gasteiger charge is -2.24. The maximum Gasteiger partial charge on any atom is 0.227 e. The molecule has 0 aromatic heterocycles. The number of carbonyl (C=O) groups is 2. The monoisotopic (exact) mass is 388 g/mol. The van der Waals surface area contributed by atoms with Crippen LogP contribution in [0.15, 0.2) is 18.2 Å². The highest BCUT2D eigenvalue weighted by Gasteiger charge is 2.44. The van der Waals surface area contributed by atoms with Crippen LogP contribution in [0.2, 0.25) is 0 Å². The van der Waals surface area contributed by atoms with Gasteiger partial charge in [0.2, 0.25) is 11.8 Å². The van der Waals surface area contributed by atoms with E-state index >= 15 is 0 Å². The molecular formula is C22H32N2O4. The van der Waals surface area contributed by atoms with Gasteiger partial charge in [-0.3, -0.25) is 9.59 Å². The molecule has 1 aromatic carbocycles. The molecule has 0 bridgehead atoms. The Labute approximate surface area is 167 Å². The smallest absolute Gasteiger partial charge is 0.227 e. The zero-order valence-corrected chi connectivity index (χ0v) is 17.4. The van der Waals surface area contributed by atoms with Gasteiger partial charge < -0.3 is 19.3 Å². The van der Waals surface area contributed by atoms with E-state index in [0.29, 0.717) is 19.6 Å². The second-order valence-corrected chi connectivity index (χ2v) is 7.90. The third-order valence-corrected chi connectivity index (χ3v) is 6.34. The lowest BCUT2D eigenvalue weighted by Crippen LogP contribution is -2.38. The summed E-state index contributed by atoms with van der Waals surface area (Å²) in [6.07, 6.45) is 4.18. The van der Waals surface area contributed by atoms with E-state index in [1.165, 1.54) is 0 Å². The van der Waals surface area contributed by atoms with Gasteiger partial charge in [-0.15, -0.1) is 0 Å². The highest BCUT2D eigenvalue weighted by molar-refractivity contribution is 5.84. The van der Waals surface area contributed by atoms with Crippen molar-refractivity contribution < 1.29 is 19.1 Å². The van der Waals surface area contributed by atoms with Gasteiger partial charge in [0, 0.05) is 44.1 Å². The van der Waals surface area contributed by atoms with Gasteiger partial charge in [0.25, 0.3) is 0 Å². The number of methoxy groups -OCH3 is 2. The van der Waals surface area contributed by atoms with Crippen LogP contribution in [0, 0.1) is 11.8 Å². The Morgan fingerprint density at radius 1 is 1.14 bits per heavy atom. The molecule has 2 aliphatic rings. The van der Waals surface area contributed by atoms with E-state index in [1.807, 2.05) is 37.1 Å². The maximum atomic E-state index is 13.1. The number of carbonyl (C=O) groups excluding carboxylic acids is 2. The van der Waals surface area contributed by atoms with E-state index in [2.05, 4.69) is 0 Å². The largest absolute Gasteiger partial charge is 0.497 e. The van der Waals surface area contributed by atoms with Crippen LogP contribution in [-0.4, -0.2) is 62.5 Å². The van der Waals surface area contributed by atoms with Gasteiger partial charge >= 0.3 is 0 Å². The highest BCUT2D eigenvalue weighted by atomic mass is 16.5. The standard InChI is InChI=1S/C22H32N2O4/c1-5-23(2)22(26)19-14-24(21(25)15-8-6-7-9-15)13-18(19)17-12-16(27-3)10-11-20(17)28-4/h10-12,15,18-19H,5-9,13-14H2,1-4H3. The first-order valence-corrected chi connectivity index (χ1v) is 10.3. The van der Waals surface area contributed by atoms with Crippen molar-refractivity contribution in [2.24, 2.45) is 11.8 Å². The summed E-state index contributed by atoms with van der Waals surface area (Å²) in [6, 6.07) is 5.67. The molecule has 1 aromatic rings. The first-order valence-electron chi connectivity index (χ1n) is 10.3. The molecule has 2 fully saturated rings. The van der Waals surface area contributed by atoms with Crippen molar-refractivity contribution in [1.82, 2.24) is 9.80 Å². The number of rotatable bonds is 6. The fourth-order valence-electron chi connectivity index (χ4n) is 4.55. The van der Waals surface area contributed by atoms with Crippen LogP contribution in [0.25, 0.3) is 0 Å². The Bertz CT molecular complexity index is 714. The van der Waals surface area contributed by atoms with Crippen molar-refractivity contribution in [1.29, 1.82) is 0 Å². The summed E-state index contributed by atoms with van der Waals surface area (Å²) in [6.45, 7) is 3.64. The molecule has 1 aliphatic carbocycles. The quantitative estimate of drug-likeness (QED) is 0.752. The Morgan fingerprint density at radius 3 is 2.46 bits per heavy atom. The second-order valence-electron chi connectivity index (χ2n) is 7.90. The SMILES string of the molecule is CCN(C)C(=O)C1CN(C(=O)C2CCCC2)CC1c1cc(OC)ccc1OC. The summed E-state index contributed by atoms with van der Waals surface area (Å²) < 4.78 is 11.0. The normalized spacial score (nSPS) is 22.4. The minimum absolute atomic E-state index is 0.0825. The fourth-order valence-corrected chi connectivity index (χ4v) is 4.55. The summed E-state index contributed by atoms with van der Waals surface area (Å²) in [5.41, 5.74) is 0.937. The molecule has 1 saturated carbocycles. The summed E-state index contributed by atoms with van der Waals surface area (Å²) in [4.78, 5) is 29.8. The summed E-state index contributed by atoms with van der Waals surface area (Å²) in [5, 5.41) is 0. The van der Waals surface area contributed by atoms with Crippen LogP contribution in [0.3, 0.4) is 0 Å². The number of nitrogens with zero attached hydrogens (tertiary/aromatic N) is 2. The maximum absolute atomic E-state index is 13.1. The first-order chi connectivity index (χ1) is 13.5. The third-order valence-electron chi connectivity index (χ3n) is 6.34. The molecule has 6 heteroatoms. The minimum atomic E-state index is -0.267. The van der Waals surface area contributed by atoms with Crippen molar-refractivity contribution in [3.05, 3.63) is 23.8 Å². The van der Waals surface area contributed by atoms with Crippen LogP contribution < -0.4 is 9.47 Å². The van der Waals surface area contributed by atoms with E-state index in [0.717, 1.165) is 42.7 Å². The van der Waals surface area contributed by atoms with Crippen molar-refractivity contribution in [3.63, 3.8) is 0 Å². The first kappa shape index (κ1) is 20.5. The zero-order chi connectivity index (χ0) is 20.3. The van der Waals surface area contributed by atoms with E-state index < -0.39 is 0 Å². The van der Waals surface area contributed by atoms with Crippen LogP contribution in [0.5, 0.6) is 11.5 Å². The Hall–Kier alpha value is -2.24. The Kier molecular flexibility index (Phi) is 6.47. The molecule has 0 N–H and O–H groups in total. The van der Waals surface area contributed by atoms with E-state index in [-0.39, 0.29) is 29.6 Å². The van der Waals surface area contributed by atoms with Crippen LogP contribution in [0.4, 0.5) is 0 Å². The molecule has 3 rings (SSSR count). The van der Waals surface area contributed by atoms with Gasteiger partial charge in [0.1, 0.15) is 11.5 Å². The summed E-state index contributed by atoms with van der Waals surface area (Å²) >= 11 is 0. The second kappa shape index (κ2) is 8.84. The molecule has 2 unspecified atom stereocenters. The predicted octanol–water partition coefficient (Wildman–Crippen LogP) is 2.91. The average Bonchev–Trinajstić information content (AvgIpc) is 3.41. The van der Waals surface area contributed by atoms with Gasteiger partial charge in [-0.2, -0.15) is 0 Å². The molecule has 154 valence electrons. The van der Waals surface area contributed by atoms with Gasteiger partial charge in [0.15, 0.2) is 0 Å². The van der Waals surface area contributed by atoms with Gasteiger partial charge in [-0.1, -0.05) is 12.8 Å². The molecule has 1 aliphatic heterocycles. The highest BCUT2D eigenvalue weighted by Crippen LogP contribution is 2.41. The van der Waals surface area contributed by atoms with E-state index in [4.69, 9.17) is 9.47 Å². The minimum Gasteiger partial charge on any atom is -0.497 e. The molecule has 0 spiro atoms. The lowest BCUT2D eigenvalue weighted by atomic mass is 9.87. The fraction of sp³-hybridized carbons (Fsp3) is 0.636. The number of hydrogen-bond donors (Lipinski definition) is 0. The van der Waals surface area contributed by atoms with Gasteiger partial charge in [-0.05, 0) is 38.0 Å². The number of amides is 2. The van der Waals surface area contributed by atoms with Gasteiger partial charge in [0.05, 0.1) is 20.1 Å². The average molecular weight is 389 g/mol. The number of benzene rings is 1. The molecule has 28 heavy (non-hydrogen) atoms. The number of hydrogen-bond acceptors (Lipinski definition) is 4. The lowest BCUT2D eigenvalue weighted by molar-refractivity contribution is -0.136. The third kappa shape index (κ3) is 3.96. The summed E-state index contributed by atoms with van der Waals surface area (Å²) in [5.74, 6) is 1.50. The number of likely N-dealkylation sites (tertiary alicyclic amines) is 1. The molecular weight excluding hydrogens is 356 g/mol. The van der Waals surface area contributed by atoms with Crippen LogP contribution >= 0.6 is 0 Å². The molecule has 1 heterocycles. The molecule has 2 amide bonds. The van der Waals surface area contributed by atoms with Gasteiger partial charge in [-0.25, -0.2) is 0 Å².